The van der Waals surface area contributed by atoms with Gasteiger partial charge in [0.05, 0.1) is 12.3 Å². The minimum Gasteiger partial charge on any atom is -0.456 e. The van der Waals surface area contributed by atoms with Crippen LogP contribution < -0.4 is 4.74 Å². The van der Waals surface area contributed by atoms with Gasteiger partial charge in [-0.05, 0) is 69.6 Å². The van der Waals surface area contributed by atoms with Crippen molar-refractivity contribution in [3.05, 3.63) is 212 Å². The Morgan fingerprint density at radius 1 is 0.383 bits per heavy atom. The maximum Gasteiger partial charge on any atom is 0.164 e. The number of para-hydroxylation sites is 1. The molecule has 0 aliphatic carbocycles. The third kappa shape index (κ3) is 6.67. The molecule has 0 fully saturated rings. The zero-order valence-corrected chi connectivity index (χ0v) is 32.5. The zero-order chi connectivity index (χ0) is 47.7. The van der Waals surface area contributed by atoms with E-state index in [1.54, 1.807) is 29.5 Å². The van der Waals surface area contributed by atoms with E-state index in [-0.39, 0.29) is 52.0 Å². The van der Waals surface area contributed by atoms with Gasteiger partial charge in [-0.25, -0.2) is 15.0 Å². The SMILES string of the molecule is [2H]c1cc(Oc2cc([2H])c([2H])c3c([2H])c([2H])c([2H])c([2H])c23)c(-c2cccc(-c3nc(-c4cccc(-c5ccccc5)c4)nc(-c4ccc5c(c4)sc4cccc(-c6ccccc6)c45)n3)c2)c([2H])c1[2H]. The van der Waals surface area contributed by atoms with Gasteiger partial charge in [-0.3, -0.25) is 0 Å². The lowest BCUT2D eigenvalue weighted by atomic mass is 9.99. The second-order valence-electron chi connectivity index (χ2n) is 14.1. The largest absolute Gasteiger partial charge is 0.456 e. The van der Waals surface area contributed by atoms with Crippen LogP contribution in [0.1, 0.15) is 12.3 Å². The summed E-state index contributed by atoms with van der Waals surface area (Å²) in [7, 11) is 0. The summed E-state index contributed by atoms with van der Waals surface area (Å²) in [6, 6.07) is 46.8. The standard InChI is InChI=1S/C55H35N3OS/c1-3-15-36(16-4-1)39-21-11-23-41(33-39)53-56-54(42-24-12-22-40(34-42)45-26-9-10-28-48(45)59-49-29-13-20-37-19-7-8-25-44(37)49)58-55(57-53)43-31-32-47-51(35-43)60-50-30-14-27-46(52(47)50)38-17-5-2-6-18-38/h1-35H/i7D,8D,9D,10D,13D,19D,20D,25D,26D. The Balaban J connectivity index is 1.07. The third-order valence-electron chi connectivity index (χ3n) is 10.4. The fourth-order valence-electron chi connectivity index (χ4n) is 7.53. The molecule has 2 heterocycles. The van der Waals surface area contributed by atoms with Crippen molar-refractivity contribution in [1.82, 2.24) is 15.0 Å². The normalized spacial score (nSPS) is 13.4. The molecule has 11 aromatic rings. The number of rotatable bonds is 8. The number of ether oxygens (including phenoxy) is 1. The van der Waals surface area contributed by atoms with E-state index in [1.165, 1.54) is 17.5 Å². The molecule has 0 atom stereocenters. The van der Waals surface area contributed by atoms with E-state index in [0.717, 1.165) is 48.2 Å². The second kappa shape index (κ2) is 15.2. The van der Waals surface area contributed by atoms with Gasteiger partial charge in [-0.15, -0.1) is 11.3 Å². The number of nitrogens with zero attached hydrogens (tertiary/aromatic N) is 3. The predicted octanol–water partition coefficient (Wildman–Crippen LogP) is 15.2. The van der Waals surface area contributed by atoms with Gasteiger partial charge in [-0.1, -0.05) is 176 Å². The smallest absolute Gasteiger partial charge is 0.164 e. The second-order valence-corrected chi connectivity index (χ2v) is 15.2. The Labute approximate surface area is 364 Å². The molecule has 0 aliphatic heterocycles. The summed E-state index contributed by atoms with van der Waals surface area (Å²) in [5, 5.41) is 1.98. The van der Waals surface area contributed by atoms with Crippen LogP contribution >= 0.6 is 11.3 Å². The van der Waals surface area contributed by atoms with Gasteiger partial charge in [0.25, 0.3) is 0 Å². The van der Waals surface area contributed by atoms with E-state index < -0.39 is 30.2 Å². The summed E-state index contributed by atoms with van der Waals surface area (Å²) in [6.45, 7) is 0. The number of aromatic nitrogens is 3. The van der Waals surface area contributed by atoms with Crippen LogP contribution in [0.4, 0.5) is 0 Å². The summed E-state index contributed by atoms with van der Waals surface area (Å²) in [5.41, 5.74) is 6.92. The molecule has 60 heavy (non-hydrogen) atoms. The molecular formula is C55H35N3OS. The van der Waals surface area contributed by atoms with Gasteiger partial charge in [0.15, 0.2) is 17.5 Å². The average Bonchev–Trinajstić information content (AvgIpc) is 3.76. The molecule has 0 unspecified atom stereocenters. The average molecular weight is 795 g/mol. The number of benzene rings is 9. The molecule has 0 bridgehead atoms. The molecule has 9 aromatic carbocycles. The summed E-state index contributed by atoms with van der Waals surface area (Å²) >= 11 is 1.70. The summed E-state index contributed by atoms with van der Waals surface area (Å²) in [4.78, 5) is 15.3. The molecule has 0 amide bonds. The Morgan fingerprint density at radius 3 is 1.77 bits per heavy atom. The van der Waals surface area contributed by atoms with Crippen LogP contribution in [-0.4, -0.2) is 15.0 Å². The Kier molecular flexibility index (Phi) is 6.86. The maximum atomic E-state index is 9.17. The van der Waals surface area contributed by atoms with Crippen molar-refractivity contribution >= 4 is 42.3 Å². The first kappa shape index (κ1) is 27.0. The summed E-state index contributed by atoms with van der Waals surface area (Å²) in [6.07, 6.45) is 0. The maximum absolute atomic E-state index is 9.17. The van der Waals surface area contributed by atoms with E-state index in [2.05, 4.69) is 42.5 Å². The first-order chi connectivity index (χ1) is 33.4. The van der Waals surface area contributed by atoms with Crippen LogP contribution in [0.2, 0.25) is 0 Å². The van der Waals surface area contributed by atoms with Gasteiger partial charge in [0.1, 0.15) is 11.5 Å². The molecule has 0 saturated carbocycles. The zero-order valence-electron chi connectivity index (χ0n) is 40.7. The molecule has 11 rings (SSSR count). The quantitative estimate of drug-likeness (QED) is 0.154. The highest BCUT2D eigenvalue weighted by Gasteiger charge is 2.17. The van der Waals surface area contributed by atoms with Crippen molar-refractivity contribution in [2.75, 3.05) is 0 Å². The minimum atomic E-state index is -0.554. The Hall–Kier alpha value is -7.73. The monoisotopic (exact) mass is 794 g/mol. The number of hydrogen-bond donors (Lipinski definition) is 0. The fraction of sp³-hybridized carbons (Fsp3) is 0. The molecule has 0 saturated heterocycles. The van der Waals surface area contributed by atoms with Crippen molar-refractivity contribution in [2.24, 2.45) is 0 Å². The Bertz CT molecular complexity index is 3890. The molecule has 282 valence electrons. The predicted molar refractivity (Wildman–Crippen MR) is 249 cm³/mol. The van der Waals surface area contributed by atoms with Crippen LogP contribution in [0.5, 0.6) is 11.5 Å². The van der Waals surface area contributed by atoms with Crippen LogP contribution in [-0.2, 0) is 0 Å². The van der Waals surface area contributed by atoms with Crippen molar-refractivity contribution in [2.45, 2.75) is 0 Å². The molecule has 0 spiro atoms. The van der Waals surface area contributed by atoms with Crippen LogP contribution in [0.15, 0.2) is 212 Å². The molecular weight excluding hydrogens is 751 g/mol. The van der Waals surface area contributed by atoms with Crippen LogP contribution in [0.25, 0.3) is 98.5 Å². The molecule has 4 nitrogen and oxygen atoms in total. The van der Waals surface area contributed by atoms with Gasteiger partial charge in [0, 0.05) is 47.8 Å². The van der Waals surface area contributed by atoms with Gasteiger partial charge >= 0.3 is 0 Å². The summed E-state index contributed by atoms with van der Waals surface area (Å²) < 4.78 is 86.0. The van der Waals surface area contributed by atoms with E-state index in [9.17, 15) is 0 Å². The lowest BCUT2D eigenvalue weighted by Gasteiger charge is -2.14. The highest BCUT2D eigenvalue weighted by atomic mass is 32.1. The first-order valence-corrected chi connectivity index (χ1v) is 20.1. The van der Waals surface area contributed by atoms with Crippen molar-refractivity contribution in [3.63, 3.8) is 0 Å². The van der Waals surface area contributed by atoms with Crippen molar-refractivity contribution in [3.8, 4) is 79.0 Å². The van der Waals surface area contributed by atoms with E-state index in [4.69, 9.17) is 32.0 Å². The lowest BCUT2D eigenvalue weighted by Crippen LogP contribution is -2.00. The topological polar surface area (TPSA) is 47.9 Å². The van der Waals surface area contributed by atoms with Crippen LogP contribution in [0.3, 0.4) is 0 Å². The van der Waals surface area contributed by atoms with E-state index >= 15 is 0 Å². The van der Waals surface area contributed by atoms with Crippen LogP contribution in [0, 0.1) is 0 Å². The third-order valence-corrected chi connectivity index (χ3v) is 11.5. The van der Waals surface area contributed by atoms with Crippen molar-refractivity contribution < 1.29 is 17.1 Å². The summed E-state index contributed by atoms with van der Waals surface area (Å²) in [5.74, 6) is 0.965. The minimum absolute atomic E-state index is 0.0641. The van der Waals surface area contributed by atoms with Gasteiger partial charge in [0.2, 0.25) is 0 Å². The van der Waals surface area contributed by atoms with E-state index in [1.807, 2.05) is 84.9 Å². The molecule has 5 heteroatoms. The molecule has 0 N–H and O–H groups in total. The number of thiophene rings is 1. The lowest BCUT2D eigenvalue weighted by molar-refractivity contribution is 0.490. The molecule has 2 aromatic heterocycles. The highest BCUT2D eigenvalue weighted by molar-refractivity contribution is 7.26. The molecule has 0 aliphatic rings. The van der Waals surface area contributed by atoms with Gasteiger partial charge in [-0.2, -0.15) is 0 Å². The van der Waals surface area contributed by atoms with Crippen molar-refractivity contribution in [1.29, 1.82) is 0 Å². The highest BCUT2D eigenvalue weighted by Crippen LogP contribution is 2.42. The first-order valence-electron chi connectivity index (χ1n) is 23.8. The Morgan fingerprint density at radius 2 is 0.983 bits per heavy atom. The van der Waals surface area contributed by atoms with Gasteiger partial charge < -0.3 is 4.74 Å². The number of fused-ring (bicyclic) bond motifs is 4. The number of hydrogen-bond acceptors (Lipinski definition) is 5. The molecule has 0 radical (unpaired) electrons. The fourth-order valence-corrected chi connectivity index (χ4v) is 8.70. The van der Waals surface area contributed by atoms with E-state index in [0.29, 0.717) is 28.6 Å².